The van der Waals surface area contributed by atoms with Crippen LogP contribution in [0.5, 0.6) is 0 Å². The Kier molecular flexibility index (Phi) is 4.77. The van der Waals surface area contributed by atoms with Crippen molar-refractivity contribution in [3.63, 3.8) is 0 Å². The highest BCUT2D eigenvalue weighted by Gasteiger charge is 2.01. The van der Waals surface area contributed by atoms with Crippen LogP contribution in [0.3, 0.4) is 0 Å². The van der Waals surface area contributed by atoms with E-state index in [0.29, 0.717) is 5.92 Å². The van der Waals surface area contributed by atoms with Gasteiger partial charge in [0.25, 0.3) is 0 Å². The first-order chi connectivity index (χ1) is 5.07. The fraction of sp³-hybridized carbons (Fsp3) is 0.714. The van der Waals surface area contributed by atoms with E-state index in [-0.39, 0.29) is 5.11 Å². The molecule has 0 saturated carbocycles. The smallest absolute Gasteiger partial charge is 0.184 e. The Morgan fingerprint density at radius 1 is 1.73 bits per heavy atom. The molecule has 0 rings (SSSR count). The standard InChI is InChI=1S/C7H15N3S/c1-4-5(2)6(3)9-10-7(8)11/h5H,4H2,1-3H3,(H3,8,10,11)/t5-/m1/s1. The fourth-order valence-electron chi connectivity index (χ4n) is 0.549. The highest BCUT2D eigenvalue weighted by Crippen LogP contribution is 2.01. The van der Waals surface area contributed by atoms with Crippen LogP contribution in [0, 0.1) is 5.92 Å². The summed E-state index contributed by atoms with van der Waals surface area (Å²) in [7, 11) is 0. The molecule has 0 radical (unpaired) electrons. The lowest BCUT2D eigenvalue weighted by atomic mass is 10.1. The average molecular weight is 173 g/mol. The Morgan fingerprint density at radius 3 is 2.64 bits per heavy atom. The van der Waals surface area contributed by atoms with E-state index >= 15 is 0 Å². The van der Waals surface area contributed by atoms with Gasteiger partial charge in [0.05, 0.1) is 0 Å². The molecule has 3 nitrogen and oxygen atoms in total. The Balaban J connectivity index is 3.89. The van der Waals surface area contributed by atoms with E-state index in [4.69, 9.17) is 5.73 Å². The fourth-order valence-corrected chi connectivity index (χ4v) is 0.595. The second-order valence-electron chi connectivity index (χ2n) is 2.54. The van der Waals surface area contributed by atoms with E-state index in [9.17, 15) is 0 Å². The van der Waals surface area contributed by atoms with Crippen LogP contribution < -0.4 is 11.2 Å². The lowest BCUT2D eigenvalue weighted by Crippen LogP contribution is -2.26. The summed E-state index contributed by atoms with van der Waals surface area (Å²) in [6.07, 6.45) is 1.08. The maximum absolute atomic E-state index is 5.20. The van der Waals surface area contributed by atoms with E-state index in [2.05, 4.69) is 36.6 Å². The SMILES string of the molecule is CC[C@@H](C)C(C)=NNC(N)=S. The first-order valence-electron chi connectivity index (χ1n) is 3.67. The van der Waals surface area contributed by atoms with Crippen LogP contribution in [0.2, 0.25) is 0 Å². The van der Waals surface area contributed by atoms with E-state index in [1.165, 1.54) is 0 Å². The second kappa shape index (κ2) is 5.07. The maximum Gasteiger partial charge on any atom is 0.184 e. The zero-order valence-electron chi connectivity index (χ0n) is 7.22. The van der Waals surface area contributed by atoms with Gasteiger partial charge in [0.15, 0.2) is 5.11 Å². The lowest BCUT2D eigenvalue weighted by Gasteiger charge is -2.07. The van der Waals surface area contributed by atoms with Crippen LogP contribution in [0.15, 0.2) is 5.10 Å². The summed E-state index contributed by atoms with van der Waals surface area (Å²) in [5.41, 5.74) is 8.78. The Bertz CT molecular complexity index is 165. The number of thiocarbonyl (C=S) groups is 1. The average Bonchev–Trinajstić information content (AvgIpc) is 1.98. The zero-order chi connectivity index (χ0) is 8.85. The minimum Gasteiger partial charge on any atom is -0.375 e. The topological polar surface area (TPSA) is 50.4 Å². The number of rotatable bonds is 3. The normalized spacial score (nSPS) is 14.3. The maximum atomic E-state index is 5.20. The van der Waals surface area contributed by atoms with Gasteiger partial charge in [-0.25, -0.2) is 0 Å². The summed E-state index contributed by atoms with van der Waals surface area (Å²) in [6.45, 7) is 6.18. The number of nitrogens with two attached hydrogens (primary N) is 1. The van der Waals surface area contributed by atoms with Gasteiger partial charge in [-0.15, -0.1) is 0 Å². The molecule has 0 aromatic carbocycles. The molecule has 0 amide bonds. The summed E-state index contributed by atoms with van der Waals surface area (Å²) in [4.78, 5) is 0. The third kappa shape index (κ3) is 4.72. The van der Waals surface area contributed by atoms with E-state index in [1.807, 2.05) is 6.92 Å². The summed E-state index contributed by atoms with van der Waals surface area (Å²) < 4.78 is 0. The van der Waals surface area contributed by atoms with Crippen molar-refractivity contribution in [3.05, 3.63) is 0 Å². The molecule has 0 aromatic rings. The molecule has 11 heavy (non-hydrogen) atoms. The molecule has 1 atom stereocenters. The van der Waals surface area contributed by atoms with Crippen molar-refractivity contribution in [1.82, 2.24) is 5.43 Å². The van der Waals surface area contributed by atoms with Gasteiger partial charge in [0.2, 0.25) is 0 Å². The number of nitrogens with zero attached hydrogens (tertiary/aromatic N) is 1. The summed E-state index contributed by atoms with van der Waals surface area (Å²) >= 11 is 4.60. The number of nitrogens with one attached hydrogen (secondary N) is 1. The highest BCUT2D eigenvalue weighted by atomic mass is 32.1. The van der Waals surface area contributed by atoms with Gasteiger partial charge in [-0.05, 0) is 31.5 Å². The van der Waals surface area contributed by atoms with Crippen LogP contribution in [0.1, 0.15) is 27.2 Å². The monoisotopic (exact) mass is 173 g/mol. The molecular formula is C7H15N3S. The Morgan fingerprint density at radius 2 is 2.27 bits per heavy atom. The van der Waals surface area contributed by atoms with E-state index in [0.717, 1.165) is 12.1 Å². The van der Waals surface area contributed by atoms with Gasteiger partial charge in [0, 0.05) is 5.71 Å². The van der Waals surface area contributed by atoms with Crippen molar-refractivity contribution in [2.75, 3.05) is 0 Å². The summed E-state index contributed by atoms with van der Waals surface area (Å²) in [5.74, 6) is 0.483. The first kappa shape index (κ1) is 10.4. The summed E-state index contributed by atoms with van der Waals surface area (Å²) in [6, 6.07) is 0. The molecular weight excluding hydrogens is 158 g/mol. The van der Waals surface area contributed by atoms with Crippen molar-refractivity contribution in [2.45, 2.75) is 27.2 Å². The number of hydrazone groups is 1. The predicted molar refractivity (Wildman–Crippen MR) is 52.5 cm³/mol. The number of hydrogen-bond donors (Lipinski definition) is 2. The predicted octanol–water partition coefficient (Wildman–Crippen LogP) is 1.24. The largest absolute Gasteiger partial charge is 0.375 e. The van der Waals surface area contributed by atoms with Crippen molar-refractivity contribution in [1.29, 1.82) is 0 Å². The number of hydrogen-bond acceptors (Lipinski definition) is 2. The van der Waals surface area contributed by atoms with Crippen LogP contribution in [0.4, 0.5) is 0 Å². The van der Waals surface area contributed by atoms with Crippen molar-refractivity contribution >= 4 is 23.0 Å². The van der Waals surface area contributed by atoms with Gasteiger partial charge < -0.3 is 5.73 Å². The van der Waals surface area contributed by atoms with Crippen LogP contribution >= 0.6 is 12.2 Å². The van der Waals surface area contributed by atoms with E-state index < -0.39 is 0 Å². The first-order valence-corrected chi connectivity index (χ1v) is 4.08. The third-order valence-corrected chi connectivity index (χ3v) is 1.76. The zero-order valence-corrected chi connectivity index (χ0v) is 8.03. The van der Waals surface area contributed by atoms with Gasteiger partial charge in [-0.2, -0.15) is 5.10 Å². The molecule has 64 valence electrons. The molecule has 0 aliphatic rings. The van der Waals surface area contributed by atoms with Crippen LogP contribution in [-0.2, 0) is 0 Å². The molecule has 0 bridgehead atoms. The molecule has 0 aliphatic heterocycles. The molecule has 0 aliphatic carbocycles. The summed E-state index contributed by atoms with van der Waals surface area (Å²) in [5, 5.41) is 4.21. The second-order valence-corrected chi connectivity index (χ2v) is 2.98. The lowest BCUT2D eigenvalue weighted by molar-refractivity contribution is 0.727. The van der Waals surface area contributed by atoms with Crippen molar-refractivity contribution in [3.8, 4) is 0 Å². The van der Waals surface area contributed by atoms with Gasteiger partial charge in [0.1, 0.15) is 0 Å². The van der Waals surface area contributed by atoms with Crippen LogP contribution in [-0.4, -0.2) is 10.8 Å². The Labute approximate surface area is 73.0 Å². The van der Waals surface area contributed by atoms with Gasteiger partial charge >= 0.3 is 0 Å². The van der Waals surface area contributed by atoms with Crippen molar-refractivity contribution in [2.24, 2.45) is 16.8 Å². The van der Waals surface area contributed by atoms with Gasteiger partial charge in [-0.3, -0.25) is 5.43 Å². The van der Waals surface area contributed by atoms with Gasteiger partial charge in [-0.1, -0.05) is 13.8 Å². The molecule has 3 N–H and O–H groups in total. The molecule has 0 fully saturated rings. The quantitative estimate of drug-likeness (QED) is 0.383. The molecule has 0 heterocycles. The Hall–Kier alpha value is -0.640. The molecule has 0 aromatic heterocycles. The molecule has 0 spiro atoms. The minimum atomic E-state index is 0.215. The van der Waals surface area contributed by atoms with Crippen LogP contribution in [0.25, 0.3) is 0 Å². The molecule has 0 unspecified atom stereocenters. The minimum absolute atomic E-state index is 0.215. The third-order valence-electron chi connectivity index (χ3n) is 1.67. The van der Waals surface area contributed by atoms with E-state index in [1.54, 1.807) is 0 Å². The molecule has 0 saturated heterocycles. The molecule has 4 heteroatoms. The van der Waals surface area contributed by atoms with Crippen molar-refractivity contribution < 1.29 is 0 Å². The highest BCUT2D eigenvalue weighted by molar-refractivity contribution is 7.80.